The molecule has 2 aromatic carbocycles. The molecule has 0 spiro atoms. The molecule has 0 saturated carbocycles. The highest BCUT2D eigenvalue weighted by Crippen LogP contribution is 2.45. The SMILES string of the molecule is CCc1sc2ncnc(NC(Cc3ccccc3)C(=O)O)c2c1-c1cccc2[nH]cc(Cl)c12. The second-order valence-corrected chi connectivity index (χ2v) is 9.24. The number of aromatic amines is 1. The number of aryl methyl sites for hydroxylation is 1. The molecule has 5 rings (SSSR count). The molecule has 0 aliphatic carbocycles. The van der Waals surface area contributed by atoms with Crippen molar-refractivity contribution in [2.75, 3.05) is 5.32 Å². The first-order valence-electron chi connectivity index (χ1n) is 10.6. The largest absolute Gasteiger partial charge is 0.480 e. The number of nitrogens with zero attached hydrogens (tertiary/aromatic N) is 2. The number of rotatable bonds is 7. The number of aliphatic carboxylic acids is 1. The van der Waals surface area contributed by atoms with Crippen molar-refractivity contribution >= 4 is 55.8 Å². The fraction of sp³-hybridized carbons (Fsp3) is 0.160. The first-order valence-corrected chi connectivity index (χ1v) is 11.8. The third-order valence-electron chi connectivity index (χ3n) is 5.70. The Morgan fingerprint density at radius 1 is 1.15 bits per heavy atom. The molecule has 0 amide bonds. The smallest absolute Gasteiger partial charge is 0.326 e. The van der Waals surface area contributed by atoms with E-state index >= 15 is 0 Å². The van der Waals surface area contributed by atoms with Gasteiger partial charge in [0.2, 0.25) is 0 Å². The van der Waals surface area contributed by atoms with Crippen LogP contribution in [0.5, 0.6) is 0 Å². The normalized spacial score (nSPS) is 12.3. The Labute approximate surface area is 199 Å². The van der Waals surface area contributed by atoms with Gasteiger partial charge in [0, 0.05) is 34.0 Å². The van der Waals surface area contributed by atoms with Crippen LogP contribution in [0.3, 0.4) is 0 Å². The van der Waals surface area contributed by atoms with Crippen LogP contribution in [-0.2, 0) is 17.6 Å². The highest BCUT2D eigenvalue weighted by Gasteiger charge is 2.24. The van der Waals surface area contributed by atoms with Crippen LogP contribution in [-0.4, -0.2) is 32.1 Å². The number of carboxylic acids is 1. The van der Waals surface area contributed by atoms with E-state index in [0.717, 1.165) is 49.1 Å². The van der Waals surface area contributed by atoms with Gasteiger partial charge in [-0.3, -0.25) is 0 Å². The fourth-order valence-electron chi connectivity index (χ4n) is 4.19. The van der Waals surface area contributed by atoms with Crippen LogP contribution < -0.4 is 5.32 Å². The molecule has 166 valence electrons. The number of H-pyrrole nitrogens is 1. The summed E-state index contributed by atoms with van der Waals surface area (Å²) in [6, 6.07) is 14.7. The molecule has 3 heterocycles. The molecular formula is C25H21ClN4O2S. The summed E-state index contributed by atoms with van der Waals surface area (Å²) < 4.78 is 0. The van der Waals surface area contributed by atoms with Gasteiger partial charge in [-0.2, -0.15) is 0 Å². The quantitative estimate of drug-likeness (QED) is 0.261. The summed E-state index contributed by atoms with van der Waals surface area (Å²) in [6.07, 6.45) is 4.41. The average molecular weight is 477 g/mol. The molecule has 6 nitrogen and oxygen atoms in total. The van der Waals surface area contributed by atoms with Gasteiger partial charge < -0.3 is 15.4 Å². The van der Waals surface area contributed by atoms with Gasteiger partial charge in [-0.05, 0) is 23.6 Å². The van der Waals surface area contributed by atoms with Crippen LogP contribution in [0.15, 0.2) is 61.1 Å². The maximum Gasteiger partial charge on any atom is 0.326 e. The van der Waals surface area contributed by atoms with Crippen molar-refractivity contribution in [2.45, 2.75) is 25.8 Å². The van der Waals surface area contributed by atoms with Crippen LogP contribution >= 0.6 is 22.9 Å². The Kier molecular flexibility index (Phi) is 5.74. The monoisotopic (exact) mass is 476 g/mol. The fourth-order valence-corrected chi connectivity index (χ4v) is 5.54. The van der Waals surface area contributed by atoms with Crippen LogP contribution in [0.25, 0.3) is 32.2 Å². The van der Waals surface area contributed by atoms with E-state index in [2.05, 4.69) is 27.2 Å². The molecule has 0 aliphatic heterocycles. The topological polar surface area (TPSA) is 90.9 Å². The summed E-state index contributed by atoms with van der Waals surface area (Å²) >= 11 is 8.14. The molecule has 0 saturated heterocycles. The van der Waals surface area contributed by atoms with E-state index in [1.165, 1.54) is 6.33 Å². The lowest BCUT2D eigenvalue weighted by Gasteiger charge is -2.17. The minimum atomic E-state index is -0.936. The zero-order valence-corrected chi connectivity index (χ0v) is 19.4. The van der Waals surface area contributed by atoms with Gasteiger partial charge in [0.25, 0.3) is 0 Å². The molecule has 0 bridgehead atoms. The minimum Gasteiger partial charge on any atom is -0.480 e. The van der Waals surface area contributed by atoms with Crippen molar-refractivity contribution < 1.29 is 9.90 Å². The highest BCUT2D eigenvalue weighted by atomic mass is 35.5. The van der Waals surface area contributed by atoms with E-state index in [-0.39, 0.29) is 0 Å². The Bertz CT molecular complexity index is 1460. The lowest BCUT2D eigenvalue weighted by atomic mass is 9.98. The first kappa shape index (κ1) is 21.4. The number of nitrogens with one attached hydrogen (secondary N) is 2. The lowest BCUT2D eigenvalue weighted by molar-refractivity contribution is -0.137. The summed E-state index contributed by atoms with van der Waals surface area (Å²) in [5.41, 5.74) is 3.86. The molecule has 1 atom stereocenters. The van der Waals surface area contributed by atoms with Gasteiger partial charge >= 0.3 is 5.97 Å². The summed E-state index contributed by atoms with van der Waals surface area (Å²) in [7, 11) is 0. The number of halogens is 1. The third kappa shape index (κ3) is 3.94. The van der Waals surface area contributed by atoms with Crippen molar-refractivity contribution in [3.8, 4) is 11.1 Å². The van der Waals surface area contributed by atoms with Gasteiger partial charge in [0.15, 0.2) is 0 Å². The number of aromatic nitrogens is 3. The molecule has 5 aromatic rings. The van der Waals surface area contributed by atoms with E-state index in [0.29, 0.717) is 17.3 Å². The van der Waals surface area contributed by atoms with Crippen molar-refractivity contribution in [2.24, 2.45) is 0 Å². The van der Waals surface area contributed by atoms with Gasteiger partial charge in [0.1, 0.15) is 23.0 Å². The molecule has 0 fully saturated rings. The van der Waals surface area contributed by atoms with E-state index < -0.39 is 12.0 Å². The van der Waals surface area contributed by atoms with E-state index in [4.69, 9.17) is 11.6 Å². The first-order chi connectivity index (χ1) is 16.1. The van der Waals surface area contributed by atoms with Crippen molar-refractivity contribution in [1.29, 1.82) is 0 Å². The van der Waals surface area contributed by atoms with Gasteiger partial charge in [-0.1, -0.05) is 61.0 Å². The second kappa shape index (κ2) is 8.84. The van der Waals surface area contributed by atoms with Crippen LogP contribution in [0, 0.1) is 0 Å². The molecule has 0 radical (unpaired) electrons. The Morgan fingerprint density at radius 2 is 1.97 bits per heavy atom. The number of hydrogen-bond acceptors (Lipinski definition) is 5. The average Bonchev–Trinajstić information content (AvgIpc) is 3.40. The van der Waals surface area contributed by atoms with Crippen molar-refractivity contribution in [1.82, 2.24) is 15.0 Å². The van der Waals surface area contributed by atoms with Gasteiger partial charge in [-0.15, -0.1) is 11.3 Å². The van der Waals surface area contributed by atoms with E-state index in [1.807, 2.05) is 48.5 Å². The Morgan fingerprint density at radius 3 is 2.73 bits per heavy atom. The predicted octanol–water partition coefficient (Wildman–Crippen LogP) is 6.16. The standard InChI is InChI=1S/C25H21ClN4O2S/c1-2-19-21(15-9-6-10-17-20(15)16(26)12-27-17)22-23(28-13-29-24(22)33-19)30-18(25(31)32)11-14-7-4-3-5-8-14/h3-10,12-13,18,27H,2,11H2,1H3,(H,31,32)(H,28,29,30). The number of carbonyl (C=O) groups is 1. The van der Waals surface area contributed by atoms with Crippen LogP contribution in [0.1, 0.15) is 17.4 Å². The zero-order valence-electron chi connectivity index (χ0n) is 17.8. The zero-order chi connectivity index (χ0) is 22.9. The summed E-state index contributed by atoms with van der Waals surface area (Å²) in [4.78, 5) is 26.3. The third-order valence-corrected chi connectivity index (χ3v) is 7.24. The Hall–Kier alpha value is -3.42. The van der Waals surface area contributed by atoms with E-state index in [1.54, 1.807) is 17.5 Å². The summed E-state index contributed by atoms with van der Waals surface area (Å²) in [5, 5.41) is 15.5. The molecule has 8 heteroatoms. The van der Waals surface area contributed by atoms with Gasteiger partial charge in [0.05, 0.1) is 10.4 Å². The maximum absolute atomic E-state index is 12.1. The number of thiophene rings is 1. The van der Waals surface area contributed by atoms with E-state index in [9.17, 15) is 9.90 Å². The molecule has 3 aromatic heterocycles. The number of carboxylic acid groups (broad SMARTS) is 1. The highest BCUT2D eigenvalue weighted by molar-refractivity contribution is 7.19. The number of anilines is 1. The molecule has 33 heavy (non-hydrogen) atoms. The molecule has 1 unspecified atom stereocenters. The lowest BCUT2D eigenvalue weighted by Crippen LogP contribution is -2.32. The van der Waals surface area contributed by atoms with Crippen molar-refractivity contribution in [3.63, 3.8) is 0 Å². The maximum atomic E-state index is 12.1. The van der Waals surface area contributed by atoms with Crippen LogP contribution in [0.4, 0.5) is 5.82 Å². The summed E-state index contributed by atoms with van der Waals surface area (Å²) in [6.45, 7) is 2.10. The van der Waals surface area contributed by atoms with Crippen molar-refractivity contribution in [3.05, 3.63) is 76.5 Å². The molecule has 3 N–H and O–H groups in total. The molecule has 0 aliphatic rings. The Balaban J connectivity index is 1.67. The van der Waals surface area contributed by atoms with Gasteiger partial charge in [-0.25, -0.2) is 14.8 Å². The van der Waals surface area contributed by atoms with Crippen LogP contribution in [0.2, 0.25) is 5.02 Å². The predicted molar refractivity (Wildman–Crippen MR) is 134 cm³/mol. The number of benzene rings is 2. The summed E-state index contributed by atoms with van der Waals surface area (Å²) in [5.74, 6) is -0.424. The number of fused-ring (bicyclic) bond motifs is 2. The molecular weight excluding hydrogens is 456 g/mol. The number of hydrogen-bond donors (Lipinski definition) is 3. The minimum absolute atomic E-state index is 0.334. The second-order valence-electron chi connectivity index (χ2n) is 7.75.